The van der Waals surface area contributed by atoms with E-state index in [4.69, 9.17) is 9.84 Å². The zero-order chi connectivity index (χ0) is 16.3. The van der Waals surface area contributed by atoms with Gasteiger partial charge in [0.15, 0.2) is 0 Å². The van der Waals surface area contributed by atoms with E-state index in [2.05, 4.69) is 41.7 Å². The first-order valence-corrected chi connectivity index (χ1v) is 8.39. The fourth-order valence-corrected chi connectivity index (χ4v) is 2.58. The molecule has 0 spiro atoms. The average molecular weight is 313 g/mol. The molecule has 0 saturated carbocycles. The molecule has 3 nitrogen and oxygen atoms in total. The Bertz CT molecular complexity index is 539. The molecule has 0 amide bonds. The quantitative estimate of drug-likeness (QED) is 0.657. The fourth-order valence-electron chi connectivity index (χ4n) is 2.58. The molecule has 124 valence electrons. The Balaban J connectivity index is 1.98. The van der Waals surface area contributed by atoms with Gasteiger partial charge in [-0.2, -0.15) is 0 Å². The van der Waals surface area contributed by atoms with Crippen LogP contribution < -0.4 is 10.1 Å². The molecule has 0 aliphatic heterocycles. The van der Waals surface area contributed by atoms with Crippen molar-refractivity contribution in [3.8, 4) is 5.75 Å². The summed E-state index contributed by atoms with van der Waals surface area (Å²) in [6, 6.07) is 18.7. The summed E-state index contributed by atoms with van der Waals surface area (Å²) in [7, 11) is 1.96. The van der Waals surface area contributed by atoms with Crippen LogP contribution in [0, 0.1) is 0 Å². The van der Waals surface area contributed by atoms with E-state index in [1.54, 1.807) is 0 Å². The van der Waals surface area contributed by atoms with Crippen molar-refractivity contribution in [3.63, 3.8) is 0 Å². The number of unbranched alkanes of at least 4 members (excludes halogenated alkanes) is 1. The van der Waals surface area contributed by atoms with Gasteiger partial charge in [0.1, 0.15) is 11.9 Å². The minimum atomic E-state index is 0.0592. The van der Waals surface area contributed by atoms with Gasteiger partial charge in [-0.05, 0) is 56.1 Å². The summed E-state index contributed by atoms with van der Waals surface area (Å²) in [4.78, 5) is 0. The van der Waals surface area contributed by atoms with E-state index in [-0.39, 0.29) is 12.7 Å². The number of ether oxygens (including phenoxy) is 1. The monoisotopic (exact) mass is 313 g/mol. The Morgan fingerprint density at radius 1 is 1.00 bits per heavy atom. The van der Waals surface area contributed by atoms with Gasteiger partial charge in [-0.1, -0.05) is 42.5 Å². The van der Waals surface area contributed by atoms with Crippen molar-refractivity contribution in [1.29, 1.82) is 0 Å². The van der Waals surface area contributed by atoms with Crippen LogP contribution in [0.25, 0.3) is 0 Å². The summed E-state index contributed by atoms with van der Waals surface area (Å²) in [5.41, 5.74) is 2.49. The smallest absolute Gasteiger partial charge is 0.125 e. The maximum Gasteiger partial charge on any atom is 0.125 e. The lowest BCUT2D eigenvalue weighted by molar-refractivity contribution is 0.195. The van der Waals surface area contributed by atoms with Crippen LogP contribution in [-0.2, 0) is 6.42 Å². The SMILES string of the molecule is CNCCC(Oc1ccc(CCCCO)cc1)c1ccccc1. The number of rotatable bonds is 10. The summed E-state index contributed by atoms with van der Waals surface area (Å²) >= 11 is 0. The highest BCUT2D eigenvalue weighted by atomic mass is 16.5. The van der Waals surface area contributed by atoms with E-state index in [0.29, 0.717) is 0 Å². The summed E-state index contributed by atoms with van der Waals surface area (Å²) < 4.78 is 6.20. The van der Waals surface area contributed by atoms with Crippen LogP contribution in [0.4, 0.5) is 0 Å². The number of nitrogens with one attached hydrogen (secondary N) is 1. The number of hydrogen-bond donors (Lipinski definition) is 2. The van der Waals surface area contributed by atoms with Gasteiger partial charge < -0.3 is 15.2 Å². The molecule has 3 heteroatoms. The van der Waals surface area contributed by atoms with Gasteiger partial charge in [-0.3, -0.25) is 0 Å². The van der Waals surface area contributed by atoms with E-state index in [0.717, 1.165) is 38.0 Å². The zero-order valence-corrected chi connectivity index (χ0v) is 13.9. The maximum atomic E-state index is 8.84. The molecule has 0 fully saturated rings. The van der Waals surface area contributed by atoms with Crippen molar-refractivity contribution in [2.24, 2.45) is 0 Å². The van der Waals surface area contributed by atoms with Crippen LogP contribution in [0.5, 0.6) is 5.75 Å². The Morgan fingerprint density at radius 3 is 2.39 bits per heavy atom. The standard InChI is InChI=1S/C20H27NO2/c1-21-15-14-20(18-8-3-2-4-9-18)23-19-12-10-17(11-13-19)7-5-6-16-22/h2-4,8-13,20-22H,5-7,14-16H2,1H3. The number of aryl methyl sites for hydroxylation is 1. The van der Waals surface area contributed by atoms with Gasteiger partial charge in [0.25, 0.3) is 0 Å². The molecule has 0 saturated heterocycles. The van der Waals surface area contributed by atoms with Crippen molar-refractivity contribution in [2.45, 2.75) is 31.8 Å². The first-order chi connectivity index (χ1) is 11.3. The van der Waals surface area contributed by atoms with Gasteiger partial charge >= 0.3 is 0 Å². The number of benzene rings is 2. The van der Waals surface area contributed by atoms with Crippen molar-refractivity contribution in [2.75, 3.05) is 20.2 Å². The topological polar surface area (TPSA) is 41.5 Å². The molecule has 2 rings (SSSR count). The van der Waals surface area contributed by atoms with Crippen LogP contribution >= 0.6 is 0 Å². The van der Waals surface area contributed by atoms with E-state index in [9.17, 15) is 0 Å². The van der Waals surface area contributed by atoms with Crippen LogP contribution in [0.15, 0.2) is 54.6 Å². The largest absolute Gasteiger partial charge is 0.486 e. The Morgan fingerprint density at radius 2 is 1.74 bits per heavy atom. The molecular formula is C20H27NO2. The molecule has 0 aliphatic carbocycles. The number of hydrogen-bond acceptors (Lipinski definition) is 3. The second-order valence-corrected chi connectivity index (χ2v) is 5.73. The van der Waals surface area contributed by atoms with Gasteiger partial charge in [0, 0.05) is 13.0 Å². The molecule has 1 unspecified atom stereocenters. The minimum absolute atomic E-state index is 0.0592. The van der Waals surface area contributed by atoms with E-state index in [1.807, 2.05) is 25.2 Å². The van der Waals surface area contributed by atoms with Gasteiger partial charge in [0.05, 0.1) is 0 Å². The number of aliphatic hydroxyl groups is 1. The van der Waals surface area contributed by atoms with Crippen LogP contribution in [0.3, 0.4) is 0 Å². The summed E-state index contributed by atoms with van der Waals surface area (Å²) in [6.07, 6.45) is 3.87. The third kappa shape index (κ3) is 6.05. The lowest BCUT2D eigenvalue weighted by atomic mass is 10.1. The van der Waals surface area contributed by atoms with Crippen LogP contribution in [0.2, 0.25) is 0 Å². The normalized spacial score (nSPS) is 12.1. The predicted octanol–water partition coefficient (Wildman–Crippen LogP) is 3.73. The maximum absolute atomic E-state index is 8.84. The fraction of sp³-hybridized carbons (Fsp3) is 0.400. The van der Waals surface area contributed by atoms with Crippen molar-refractivity contribution in [3.05, 3.63) is 65.7 Å². The molecule has 2 aromatic rings. The molecule has 0 bridgehead atoms. The van der Waals surface area contributed by atoms with E-state index < -0.39 is 0 Å². The van der Waals surface area contributed by atoms with Crippen LogP contribution in [0.1, 0.15) is 36.5 Å². The molecule has 0 heterocycles. The Hall–Kier alpha value is -1.84. The van der Waals surface area contributed by atoms with Gasteiger partial charge in [0.2, 0.25) is 0 Å². The molecule has 1 atom stereocenters. The van der Waals surface area contributed by atoms with Crippen molar-refractivity contribution < 1.29 is 9.84 Å². The first kappa shape index (κ1) is 17.5. The molecule has 2 aromatic carbocycles. The van der Waals surface area contributed by atoms with Gasteiger partial charge in [-0.15, -0.1) is 0 Å². The summed E-state index contributed by atoms with van der Waals surface area (Å²) in [6.45, 7) is 1.18. The average Bonchev–Trinajstić information content (AvgIpc) is 2.61. The molecule has 0 radical (unpaired) electrons. The second-order valence-electron chi connectivity index (χ2n) is 5.73. The first-order valence-electron chi connectivity index (χ1n) is 8.39. The Labute approximate surface area is 139 Å². The minimum Gasteiger partial charge on any atom is -0.486 e. The van der Waals surface area contributed by atoms with Crippen molar-refractivity contribution in [1.82, 2.24) is 5.32 Å². The molecular weight excluding hydrogens is 286 g/mol. The zero-order valence-electron chi connectivity index (χ0n) is 13.9. The highest BCUT2D eigenvalue weighted by Gasteiger charge is 2.12. The second kappa shape index (κ2) is 10.0. The lowest BCUT2D eigenvalue weighted by Crippen LogP contribution is -2.16. The number of aliphatic hydroxyl groups excluding tert-OH is 1. The summed E-state index contributed by atoms with van der Waals surface area (Å²) in [5, 5.41) is 12.0. The van der Waals surface area contributed by atoms with E-state index >= 15 is 0 Å². The Kier molecular flexibility index (Phi) is 7.64. The third-order valence-corrected chi connectivity index (χ3v) is 3.90. The molecule has 0 aliphatic rings. The highest BCUT2D eigenvalue weighted by Crippen LogP contribution is 2.25. The highest BCUT2D eigenvalue weighted by molar-refractivity contribution is 5.29. The van der Waals surface area contributed by atoms with Crippen LogP contribution in [-0.4, -0.2) is 25.3 Å². The van der Waals surface area contributed by atoms with E-state index in [1.165, 1.54) is 11.1 Å². The lowest BCUT2D eigenvalue weighted by Gasteiger charge is -2.20. The molecule has 0 aromatic heterocycles. The third-order valence-electron chi connectivity index (χ3n) is 3.90. The molecule has 2 N–H and O–H groups in total. The van der Waals surface area contributed by atoms with Gasteiger partial charge in [-0.25, -0.2) is 0 Å². The summed E-state index contributed by atoms with van der Waals surface area (Å²) in [5.74, 6) is 0.904. The molecule has 23 heavy (non-hydrogen) atoms. The van der Waals surface area contributed by atoms with Crippen molar-refractivity contribution >= 4 is 0 Å². The predicted molar refractivity (Wildman–Crippen MR) is 94.8 cm³/mol.